The Morgan fingerprint density at radius 2 is 2.38 bits per heavy atom. The third-order valence-corrected chi connectivity index (χ3v) is 0.902. The lowest BCUT2D eigenvalue weighted by Gasteiger charge is -2.05. The average molecular weight is 118 g/mol. The molecule has 0 spiro atoms. The maximum Gasteiger partial charge on any atom is 0.0786 e. The standard InChI is InChI=1S/C5H14N2O/c1-2-7-4-5(8)3-6/h5,7-8H,2-4,6H2,1H3/t5-/m0/s1. The van der Waals surface area contributed by atoms with Crippen molar-refractivity contribution in [3.8, 4) is 0 Å². The van der Waals surface area contributed by atoms with Gasteiger partial charge in [-0.3, -0.25) is 0 Å². The number of likely N-dealkylation sites (N-methyl/N-ethyl adjacent to an activating group) is 1. The van der Waals surface area contributed by atoms with E-state index in [2.05, 4.69) is 5.32 Å². The van der Waals surface area contributed by atoms with E-state index in [9.17, 15) is 0 Å². The molecule has 0 saturated heterocycles. The highest BCUT2D eigenvalue weighted by Gasteiger charge is 1.95. The highest BCUT2D eigenvalue weighted by molar-refractivity contribution is 4.57. The summed E-state index contributed by atoms with van der Waals surface area (Å²) in [5, 5.41) is 11.8. The van der Waals surface area contributed by atoms with Gasteiger partial charge in [0.2, 0.25) is 0 Å². The van der Waals surface area contributed by atoms with Crippen molar-refractivity contribution in [2.45, 2.75) is 13.0 Å². The lowest BCUT2D eigenvalue weighted by Crippen LogP contribution is -2.32. The molecule has 0 rings (SSSR count). The first-order chi connectivity index (χ1) is 3.81. The van der Waals surface area contributed by atoms with Crippen LogP contribution < -0.4 is 11.1 Å². The van der Waals surface area contributed by atoms with Crippen LogP contribution in [0.4, 0.5) is 0 Å². The fourth-order valence-corrected chi connectivity index (χ4v) is 0.394. The fourth-order valence-electron chi connectivity index (χ4n) is 0.394. The van der Waals surface area contributed by atoms with Crippen LogP contribution in [0, 0.1) is 0 Å². The number of nitrogens with one attached hydrogen (secondary N) is 1. The van der Waals surface area contributed by atoms with E-state index in [1.54, 1.807) is 0 Å². The van der Waals surface area contributed by atoms with Gasteiger partial charge in [-0.25, -0.2) is 0 Å². The summed E-state index contributed by atoms with van der Waals surface area (Å²) in [6.45, 7) is 3.82. The average Bonchev–Trinajstić information content (AvgIpc) is 1.83. The number of hydrogen-bond donors (Lipinski definition) is 3. The maximum atomic E-state index is 8.80. The van der Waals surface area contributed by atoms with Gasteiger partial charge in [-0.2, -0.15) is 0 Å². The third kappa shape index (κ3) is 4.05. The molecule has 0 saturated carbocycles. The molecule has 4 N–H and O–H groups in total. The van der Waals surface area contributed by atoms with E-state index < -0.39 is 0 Å². The lowest BCUT2D eigenvalue weighted by atomic mass is 10.3. The molecule has 0 aliphatic carbocycles. The molecular formula is C5H14N2O. The second kappa shape index (κ2) is 5.03. The van der Waals surface area contributed by atoms with E-state index in [-0.39, 0.29) is 6.10 Å². The van der Waals surface area contributed by atoms with Crippen LogP contribution >= 0.6 is 0 Å². The van der Waals surface area contributed by atoms with Gasteiger partial charge in [0, 0.05) is 13.1 Å². The summed E-state index contributed by atoms with van der Waals surface area (Å²) >= 11 is 0. The molecule has 0 radical (unpaired) electrons. The molecule has 0 bridgehead atoms. The fraction of sp³-hybridized carbons (Fsp3) is 1.00. The first-order valence-electron chi connectivity index (χ1n) is 2.90. The normalized spacial score (nSPS) is 13.9. The van der Waals surface area contributed by atoms with Gasteiger partial charge in [0.25, 0.3) is 0 Å². The van der Waals surface area contributed by atoms with Gasteiger partial charge in [0.15, 0.2) is 0 Å². The number of aliphatic hydroxyl groups is 1. The van der Waals surface area contributed by atoms with Crippen LogP contribution in [0.1, 0.15) is 6.92 Å². The van der Waals surface area contributed by atoms with Crippen molar-refractivity contribution in [2.75, 3.05) is 19.6 Å². The Morgan fingerprint density at radius 1 is 1.75 bits per heavy atom. The highest BCUT2D eigenvalue weighted by Crippen LogP contribution is 1.71. The topological polar surface area (TPSA) is 58.3 Å². The molecule has 8 heavy (non-hydrogen) atoms. The molecule has 0 aromatic carbocycles. The van der Waals surface area contributed by atoms with Gasteiger partial charge in [0.05, 0.1) is 6.10 Å². The summed E-state index contributed by atoms with van der Waals surface area (Å²) in [5.41, 5.74) is 5.12. The second-order valence-corrected chi connectivity index (χ2v) is 1.70. The van der Waals surface area contributed by atoms with Crippen molar-refractivity contribution in [3.63, 3.8) is 0 Å². The van der Waals surface area contributed by atoms with Gasteiger partial charge >= 0.3 is 0 Å². The summed E-state index contributed by atoms with van der Waals surface area (Å²) in [5.74, 6) is 0. The zero-order valence-corrected chi connectivity index (χ0v) is 5.22. The first-order valence-corrected chi connectivity index (χ1v) is 2.90. The van der Waals surface area contributed by atoms with Gasteiger partial charge in [0.1, 0.15) is 0 Å². The minimum Gasteiger partial charge on any atom is -0.390 e. The quantitative estimate of drug-likeness (QED) is 0.440. The summed E-state index contributed by atoms with van der Waals surface area (Å²) in [4.78, 5) is 0. The third-order valence-electron chi connectivity index (χ3n) is 0.902. The lowest BCUT2D eigenvalue weighted by molar-refractivity contribution is 0.180. The predicted octanol–water partition coefficient (Wildman–Crippen LogP) is -1.08. The van der Waals surface area contributed by atoms with Gasteiger partial charge < -0.3 is 16.2 Å². The van der Waals surface area contributed by atoms with Crippen molar-refractivity contribution in [3.05, 3.63) is 0 Å². The molecule has 3 heteroatoms. The van der Waals surface area contributed by atoms with Gasteiger partial charge in [-0.15, -0.1) is 0 Å². The predicted molar refractivity (Wildman–Crippen MR) is 33.6 cm³/mol. The zero-order chi connectivity index (χ0) is 6.41. The van der Waals surface area contributed by atoms with Gasteiger partial charge in [-0.1, -0.05) is 6.92 Å². The summed E-state index contributed by atoms with van der Waals surface area (Å²) in [7, 11) is 0. The molecule has 0 amide bonds. The molecular weight excluding hydrogens is 104 g/mol. The SMILES string of the molecule is CCNC[C@@H](O)CN. The van der Waals surface area contributed by atoms with Crippen LogP contribution in [0.25, 0.3) is 0 Å². The Labute approximate surface area is 49.9 Å². The number of nitrogens with two attached hydrogens (primary N) is 1. The number of rotatable bonds is 4. The van der Waals surface area contributed by atoms with Crippen molar-refractivity contribution in [2.24, 2.45) is 5.73 Å². The monoisotopic (exact) mass is 118 g/mol. The molecule has 0 aliphatic heterocycles. The Kier molecular flexibility index (Phi) is 4.95. The first kappa shape index (κ1) is 7.88. The molecule has 0 aromatic rings. The van der Waals surface area contributed by atoms with E-state index >= 15 is 0 Å². The van der Waals surface area contributed by atoms with Crippen LogP contribution in [-0.4, -0.2) is 30.8 Å². The zero-order valence-electron chi connectivity index (χ0n) is 5.22. The Hall–Kier alpha value is -0.120. The Bertz CT molecular complexity index is 49.7. The maximum absolute atomic E-state index is 8.80. The molecule has 50 valence electrons. The van der Waals surface area contributed by atoms with Crippen molar-refractivity contribution >= 4 is 0 Å². The Morgan fingerprint density at radius 3 is 2.75 bits per heavy atom. The van der Waals surface area contributed by atoms with Gasteiger partial charge in [-0.05, 0) is 6.54 Å². The summed E-state index contributed by atoms with van der Waals surface area (Å²) < 4.78 is 0. The van der Waals surface area contributed by atoms with Crippen molar-refractivity contribution < 1.29 is 5.11 Å². The van der Waals surface area contributed by atoms with Crippen LogP contribution in [0.2, 0.25) is 0 Å². The summed E-state index contributed by atoms with van der Waals surface area (Å²) in [6, 6.07) is 0. The van der Waals surface area contributed by atoms with Crippen LogP contribution in [0.15, 0.2) is 0 Å². The van der Waals surface area contributed by atoms with Crippen LogP contribution in [-0.2, 0) is 0 Å². The highest BCUT2D eigenvalue weighted by atomic mass is 16.3. The molecule has 0 heterocycles. The smallest absolute Gasteiger partial charge is 0.0786 e. The molecule has 0 fully saturated rings. The van der Waals surface area contributed by atoms with E-state index in [1.807, 2.05) is 6.92 Å². The number of aliphatic hydroxyl groups excluding tert-OH is 1. The van der Waals surface area contributed by atoms with E-state index in [0.717, 1.165) is 6.54 Å². The molecule has 1 atom stereocenters. The second-order valence-electron chi connectivity index (χ2n) is 1.70. The van der Waals surface area contributed by atoms with Crippen LogP contribution in [0.5, 0.6) is 0 Å². The minimum atomic E-state index is -0.380. The largest absolute Gasteiger partial charge is 0.390 e. The van der Waals surface area contributed by atoms with Crippen molar-refractivity contribution in [1.82, 2.24) is 5.32 Å². The molecule has 0 unspecified atom stereocenters. The summed E-state index contributed by atoms with van der Waals surface area (Å²) in [6.07, 6.45) is -0.380. The molecule has 0 aromatic heterocycles. The van der Waals surface area contributed by atoms with Crippen molar-refractivity contribution in [1.29, 1.82) is 0 Å². The van der Waals surface area contributed by atoms with E-state index in [1.165, 1.54) is 0 Å². The van der Waals surface area contributed by atoms with E-state index in [4.69, 9.17) is 10.8 Å². The molecule has 3 nitrogen and oxygen atoms in total. The number of hydrogen-bond acceptors (Lipinski definition) is 3. The van der Waals surface area contributed by atoms with E-state index in [0.29, 0.717) is 13.1 Å². The minimum absolute atomic E-state index is 0.340. The van der Waals surface area contributed by atoms with Crippen LogP contribution in [0.3, 0.4) is 0 Å². The molecule has 0 aliphatic rings. The Balaban J connectivity index is 2.86.